The number of fused-ring (bicyclic) bond motifs is 1. The Morgan fingerprint density at radius 2 is 1.82 bits per heavy atom. The lowest BCUT2D eigenvalue weighted by molar-refractivity contribution is -0.137. The maximum absolute atomic E-state index is 13.1. The molecular weight excluding hydrogens is 431 g/mol. The number of likely N-dealkylation sites (N-methyl/N-ethyl adjacent to an activating group) is 1. The molecule has 33 heavy (non-hydrogen) atoms. The molecule has 4 rings (SSSR count). The molecule has 1 fully saturated rings. The molecule has 3 aromatic rings. The van der Waals surface area contributed by atoms with Crippen LogP contribution in [0.1, 0.15) is 23.7 Å². The lowest BCUT2D eigenvalue weighted by Gasteiger charge is -2.35. The third kappa shape index (κ3) is 5.27. The molecule has 0 spiro atoms. The highest BCUT2D eigenvalue weighted by molar-refractivity contribution is 5.92. The van der Waals surface area contributed by atoms with Crippen LogP contribution in [-0.2, 0) is 12.6 Å². The summed E-state index contributed by atoms with van der Waals surface area (Å²) in [6.07, 6.45) is -2.20. The van der Waals surface area contributed by atoms with Gasteiger partial charge in [0.1, 0.15) is 0 Å². The summed E-state index contributed by atoms with van der Waals surface area (Å²) in [5.41, 5.74) is 8.05. The minimum absolute atomic E-state index is 0.0948. The van der Waals surface area contributed by atoms with E-state index in [4.69, 9.17) is 5.73 Å². The maximum atomic E-state index is 13.1. The van der Waals surface area contributed by atoms with E-state index >= 15 is 0 Å². The number of nitrogens with zero attached hydrogens (tertiary/aromatic N) is 5. The molecule has 0 radical (unpaired) electrons. The van der Waals surface area contributed by atoms with Gasteiger partial charge in [0.2, 0.25) is 0 Å². The molecule has 0 saturated carbocycles. The first kappa shape index (κ1) is 23.0. The van der Waals surface area contributed by atoms with Gasteiger partial charge in [-0.05, 0) is 49.7 Å². The summed E-state index contributed by atoms with van der Waals surface area (Å²) in [6.45, 7) is 9.33. The predicted molar refractivity (Wildman–Crippen MR) is 124 cm³/mol. The van der Waals surface area contributed by atoms with Crippen molar-refractivity contribution in [1.29, 1.82) is 0 Å². The summed E-state index contributed by atoms with van der Waals surface area (Å²) in [5.74, 6) is 0.567. The van der Waals surface area contributed by atoms with E-state index in [1.54, 1.807) is 6.07 Å². The smallest absolute Gasteiger partial charge is 0.399 e. The van der Waals surface area contributed by atoms with Gasteiger partial charge in [0, 0.05) is 43.8 Å². The SMILES string of the molecule is CCN1CCN(c2cnc3c(C)nnc(NCCc4cc(N)cc(C(F)(F)F)c4)c3c2)CC1. The zero-order chi connectivity index (χ0) is 23.6. The van der Waals surface area contributed by atoms with Gasteiger partial charge in [-0.1, -0.05) is 6.92 Å². The third-order valence-electron chi connectivity index (χ3n) is 6.00. The Morgan fingerprint density at radius 1 is 1.06 bits per heavy atom. The molecule has 0 atom stereocenters. The number of nitrogens with one attached hydrogen (secondary N) is 1. The first-order valence-corrected chi connectivity index (χ1v) is 11.1. The van der Waals surface area contributed by atoms with Gasteiger partial charge in [-0.3, -0.25) is 4.98 Å². The quantitative estimate of drug-likeness (QED) is 0.544. The number of aromatic nitrogens is 3. The molecule has 0 bridgehead atoms. The number of hydrogen-bond acceptors (Lipinski definition) is 7. The zero-order valence-corrected chi connectivity index (χ0v) is 18.8. The molecule has 10 heteroatoms. The number of benzene rings is 1. The lowest BCUT2D eigenvalue weighted by atomic mass is 10.1. The lowest BCUT2D eigenvalue weighted by Crippen LogP contribution is -2.46. The monoisotopic (exact) mass is 459 g/mol. The predicted octanol–water partition coefficient (Wildman–Crippen LogP) is 3.73. The molecule has 176 valence electrons. The fourth-order valence-corrected chi connectivity index (χ4v) is 4.13. The second-order valence-corrected chi connectivity index (χ2v) is 8.28. The van der Waals surface area contributed by atoms with E-state index in [0.717, 1.165) is 67.1 Å². The van der Waals surface area contributed by atoms with Gasteiger partial charge in [-0.25, -0.2) is 0 Å². The molecule has 3 N–H and O–H groups in total. The normalized spacial score (nSPS) is 15.2. The summed E-state index contributed by atoms with van der Waals surface area (Å²) in [5, 5.41) is 12.6. The van der Waals surface area contributed by atoms with Crippen molar-refractivity contribution in [3.05, 3.63) is 47.3 Å². The van der Waals surface area contributed by atoms with Crippen molar-refractivity contribution in [3.8, 4) is 0 Å². The summed E-state index contributed by atoms with van der Waals surface area (Å²) >= 11 is 0. The molecule has 7 nitrogen and oxygen atoms in total. The van der Waals surface area contributed by atoms with E-state index in [0.29, 0.717) is 24.3 Å². The first-order valence-electron chi connectivity index (χ1n) is 11.1. The van der Waals surface area contributed by atoms with Crippen LogP contribution in [0.5, 0.6) is 0 Å². The van der Waals surface area contributed by atoms with Gasteiger partial charge in [-0.15, -0.1) is 5.10 Å². The number of piperazine rings is 1. The fourth-order valence-electron chi connectivity index (χ4n) is 4.13. The van der Waals surface area contributed by atoms with Crippen LogP contribution >= 0.6 is 0 Å². The topological polar surface area (TPSA) is 83.2 Å². The van der Waals surface area contributed by atoms with Gasteiger partial charge >= 0.3 is 6.18 Å². The standard InChI is InChI=1S/C23H28F3N7/c1-3-32-6-8-33(9-7-32)19-13-20-21(29-14-19)15(2)30-31-22(20)28-5-4-16-10-17(23(24,25)26)12-18(27)11-16/h10-14H,3-9,27H2,1-2H3,(H,28,31). The first-order chi connectivity index (χ1) is 15.7. The van der Waals surface area contributed by atoms with Gasteiger partial charge in [0.15, 0.2) is 5.82 Å². The molecule has 0 aliphatic carbocycles. The molecular formula is C23H28F3N7. The number of nitrogens with two attached hydrogens (primary N) is 1. The minimum Gasteiger partial charge on any atom is -0.399 e. The van der Waals surface area contributed by atoms with Crippen molar-refractivity contribution >= 4 is 28.1 Å². The number of hydrogen-bond donors (Lipinski definition) is 2. The second-order valence-electron chi connectivity index (χ2n) is 8.28. The molecule has 2 aromatic heterocycles. The zero-order valence-electron chi connectivity index (χ0n) is 18.8. The van der Waals surface area contributed by atoms with E-state index in [2.05, 4.69) is 43.3 Å². The Bertz CT molecular complexity index is 1120. The van der Waals surface area contributed by atoms with Gasteiger partial charge < -0.3 is 20.9 Å². The average Bonchev–Trinajstić information content (AvgIpc) is 2.79. The van der Waals surface area contributed by atoms with Crippen molar-refractivity contribution < 1.29 is 13.2 Å². The summed E-state index contributed by atoms with van der Waals surface area (Å²) in [7, 11) is 0. The molecule has 3 heterocycles. The highest BCUT2D eigenvalue weighted by Crippen LogP contribution is 2.31. The van der Waals surface area contributed by atoms with Crippen molar-refractivity contribution in [2.75, 3.05) is 55.2 Å². The fraction of sp³-hybridized carbons (Fsp3) is 0.435. The Morgan fingerprint density at radius 3 is 2.52 bits per heavy atom. The number of aryl methyl sites for hydroxylation is 1. The van der Waals surface area contributed by atoms with E-state index in [1.165, 1.54) is 0 Å². The minimum atomic E-state index is -4.43. The highest BCUT2D eigenvalue weighted by atomic mass is 19.4. The van der Waals surface area contributed by atoms with Crippen LogP contribution < -0.4 is 16.0 Å². The van der Waals surface area contributed by atoms with Crippen LogP contribution in [0, 0.1) is 6.92 Å². The van der Waals surface area contributed by atoms with Crippen LogP contribution in [-0.4, -0.2) is 59.3 Å². The Balaban J connectivity index is 1.52. The number of nitrogen functional groups attached to an aromatic ring is 1. The second kappa shape index (κ2) is 9.38. The number of halogens is 3. The van der Waals surface area contributed by atoms with E-state index in [-0.39, 0.29) is 5.69 Å². The van der Waals surface area contributed by atoms with E-state index in [9.17, 15) is 13.2 Å². The summed E-state index contributed by atoms with van der Waals surface area (Å²) < 4.78 is 39.2. The Labute approximate surface area is 190 Å². The molecule has 1 aromatic carbocycles. The molecule has 0 unspecified atom stereocenters. The summed E-state index contributed by atoms with van der Waals surface area (Å²) in [4.78, 5) is 9.35. The summed E-state index contributed by atoms with van der Waals surface area (Å²) in [6, 6.07) is 5.71. The number of pyridine rings is 1. The van der Waals surface area contributed by atoms with Crippen LogP contribution in [0.15, 0.2) is 30.5 Å². The molecule has 1 saturated heterocycles. The van der Waals surface area contributed by atoms with E-state index in [1.807, 2.05) is 13.1 Å². The van der Waals surface area contributed by atoms with Crippen LogP contribution in [0.25, 0.3) is 10.9 Å². The van der Waals surface area contributed by atoms with Crippen molar-refractivity contribution in [1.82, 2.24) is 20.1 Å². The Kier molecular flexibility index (Phi) is 6.55. The highest BCUT2D eigenvalue weighted by Gasteiger charge is 2.31. The third-order valence-corrected chi connectivity index (χ3v) is 6.00. The van der Waals surface area contributed by atoms with Gasteiger partial charge in [-0.2, -0.15) is 18.3 Å². The van der Waals surface area contributed by atoms with Crippen LogP contribution in [0.4, 0.5) is 30.4 Å². The van der Waals surface area contributed by atoms with Gasteiger partial charge in [0.05, 0.1) is 28.7 Å². The Hall–Kier alpha value is -3.14. The molecule has 0 amide bonds. The average molecular weight is 460 g/mol. The molecule has 1 aliphatic heterocycles. The van der Waals surface area contributed by atoms with Crippen LogP contribution in [0.2, 0.25) is 0 Å². The van der Waals surface area contributed by atoms with E-state index < -0.39 is 11.7 Å². The maximum Gasteiger partial charge on any atom is 0.416 e. The largest absolute Gasteiger partial charge is 0.416 e. The van der Waals surface area contributed by atoms with Crippen molar-refractivity contribution in [2.24, 2.45) is 0 Å². The van der Waals surface area contributed by atoms with Crippen LogP contribution in [0.3, 0.4) is 0 Å². The number of anilines is 3. The van der Waals surface area contributed by atoms with Crippen molar-refractivity contribution in [2.45, 2.75) is 26.4 Å². The number of rotatable bonds is 6. The number of alkyl halides is 3. The van der Waals surface area contributed by atoms with Gasteiger partial charge in [0.25, 0.3) is 0 Å². The molecule has 1 aliphatic rings. The van der Waals surface area contributed by atoms with Crippen molar-refractivity contribution in [3.63, 3.8) is 0 Å².